The van der Waals surface area contributed by atoms with E-state index in [9.17, 15) is 14.4 Å². The van der Waals surface area contributed by atoms with Gasteiger partial charge in [0.1, 0.15) is 0 Å². The van der Waals surface area contributed by atoms with Gasteiger partial charge in [-0.1, -0.05) is 0 Å². The van der Waals surface area contributed by atoms with Gasteiger partial charge >= 0.3 is 5.97 Å². The minimum absolute atomic E-state index is 0.0729. The number of carbonyl (C=O) groups is 3. The molecule has 3 aromatic rings. The van der Waals surface area contributed by atoms with Gasteiger partial charge in [0.05, 0.1) is 11.8 Å². The van der Waals surface area contributed by atoms with E-state index in [1.54, 1.807) is 48.3 Å². The van der Waals surface area contributed by atoms with Crippen molar-refractivity contribution < 1.29 is 19.5 Å². The van der Waals surface area contributed by atoms with Crippen LogP contribution in [0.15, 0.2) is 48.9 Å². The zero-order valence-electron chi connectivity index (χ0n) is 15.0. The van der Waals surface area contributed by atoms with Crippen LogP contribution in [0.5, 0.6) is 0 Å². The van der Waals surface area contributed by atoms with Crippen molar-refractivity contribution in [2.45, 2.75) is 13.0 Å². The van der Waals surface area contributed by atoms with E-state index in [1.807, 2.05) is 0 Å². The summed E-state index contributed by atoms with van der Waals surface area (Å²) < 4.78 is 2.94. The van der Waals surface area contributed by atoms with Crippen molar-refractivity contribution in [1.29, 1.82) is 0 Å². The van der Waals surface area contributed by atoms with Gasteiger partial charge in [0.15, 0.2) is 5.69 Å². The highest BCUT2D eigenvalue weighted by Gasteiger charge is 2.10. The molecule has 0 bridgehead atoms. The maximum absolute atomic E-state index is 12.1. The lowest BCUT2D eigenvalue weighted by Crippen LogP contribution is -2.15. The van der Waals surface area contributed by atoms with Crippen LogP contribution in [-0.2, 0) is 18.4 Å². The van der Waals surface area contributed by atoms with Gasteiger partial charge in [-0.05, 0) is 30.3 Å². The number of anilines is 2. The summed E-state index contributed by atoms with van der Waals surface area (Å²) in [6.45, 7) is 0.261. The number of nitrogens with zero attached hydrogens (tertiary/aromatic N) is 4. The molecule has 0 aliphatic rings. The van der Waals surface area contributed by atoms with Crippen LogP contribution in [0.25, 0.3) is 0 Å². The first-order chi connectivity index (χ1) is 13.4. The third-order valence-corrected chi connectivity index (χ3v) is 3.82. The summed E-state index contributed by atoms with van der Waals surface area (Å²) in [6.07, 6.45) is 4.42. The predicted octanol–water partition coefficient (Wildman–Crippen LogP) is 1.60. The molecular formula is C18H18N6O4. The van der Waals surface area contributed by atoms with E-state index in [0.717, 1.165) is 0 Å². The second-order valence-corrected chi connectivity index (χ2v) is 6.00. The number of benzene rings is 1. The van der Waals surface area contributed by atoms with Gasteiger partial charge < -0.3 is 15.7 Å². The van der Waals surface area contributed by atoms with Crippen molar-refractivity contribution in [3.63, 3.8) is 0 Å². The van der Waals surface area contributed by atoms with E-state index in [1.165, 1.54) is 17.1 Å². The molecule has 28 heavy (non-hydrogen) atoms. The number of nitrogens with one attached hydrogen (secondary N) is 2. The fraction of sp³-hybridized carbons (Fsp3) is 0.167. The lowest BCUT2D eigenvalue weighted by atomic mass is 10.2. The normalized spacial score (nSPS) is 10.5. The summed E-state index contributed by atoms with van der Waals surface area (Å²) in [4.78, 5) is 34.9. The van der Waals surface area contributed by atoms with Gasteiger partial charge in [-0.25, -0.2) is 4.79 Å². The Bertz CT molecular complexity index is 1010. The maximum atomic E-state index is 12.1. The molecule has 0 aliphatic carbocycles. The molecule has 0 spiro atoms. The van der Waals surface area contributed by atoms with E-state index in [-0.39, 0.29) is 30.3 Å². The van der Waals surface area contributed by atoms with Crippen molar-refractivity contribution in [3.05, 3.63) is 60.2 Å². The van der Waals surface area contributed by atoms with Gasteiger partial charge in [0.2, 0.25) is 5.91 Å². The Morgan fingerprint density at radius 3 is 2.32 bits per heavy atom. The van der Waals surface area contributed by atoms with Crippen molar-refractivity contribution >= 4 is 29.2 Å². The Hall–Kier alpha value is -3.95. The van der Waals surface area contributed by atoms with E-state index in [2.05, 4.69) is 20.8 Å². The number of aryl methyl sites for hydroxylation is 2. The zero-order chi connectivity index (χ0) is 20.1. The Labute approximate surface area is 159 Å². The average molecular weight is 382 g/mol. The van der Waals surface area contributed by atoms with E-state index >= 15 is 0 Å². The summed E-state index contributed by atoms with van der Waals surface area (Å²) >= 11 is 0. The maximum Gasteiger partial charge on any atom is 0.338 e. The number of aromatic nitrogens is 4. The third kappa shape index (κ3) is 4.81. The number of hydrogen-bond acceptors (Lipinski definition) is 5. The van der Waals surface area contributed by atoms with Gasteiger partial charge in [-0.15, -0.1) is 0 Å². The monoisotopic (exact) mass is 382 g/mol. The highest BCUT2D eigenvalue weighted by Crippen LogP contribution is 2.15. The first-order valence-electron chi connectivity index (χ1n) is 8.37. The molecule has 2 heterocycles. The molecule has 2 aromatic heterocycles. The van der Waals surface area contributed by atoms with Crippen LogP contribution in [0.3, 0.4) is 0 Å². The fourth-order valence-electron chi connectivity index (χ4n) is 2.40. The number of carboxylic acids is 1. The Balaban J connectivity index is 1.49. The molecule has 10 heteroatoms. The number of aromatic carboxylic acids is 1. The minimum Gasteiger partial charge on any atom is -0.478 e. The molecule has 3 rings (SSSR count). The van der Waals surface area contributed by atoms with Crippen molar-refractivity contribution in [2.75, 3.05) is 10.6 Å². The smallest absolute Gasteiger partial charge is 0.338 e. The molecule has 0 saturated carbocycles. The van der Waals surface area contributed by atoms with E-state index in [0.29, 0.717) is 17.1 Å². The molecule has 0 saturated heterocycles. The third-order valence-electron chi connectivity index (χ3n) is 3.82. The largest absolute Gasteiger partial charge is 0.478 e. The number of carbonyl (C=O) groups excluding carboxylic acids is 2. The SMILES string of the molecule is Cn1ccc(C(=O)Nc2ccc(NC(=O)CCn3cc(C(=O)O)cn3)cc2)n1. The summed E-state index contributed by atoms with van der Waals surface area (Å²) in [5.41, 5.74) is 1.53. The molecule has 0 aliphatic heterocycles. The Morgan fingerprint density at radius 1 is 1.07 bits per heavy atom. The van der Waals surface area contributed by atoms with Crippen LogP contribution in [0, 0.1) is 0 Å². The molecule has 0 atom stereocenters. The quantitative estimate of drug-likeness (QED) is 0.569. The van der Waals surface area contributed by atoms with Crippen molar-refractivity contribution in [2.24, 2.45) is 7.05 Å². The molecule has 0 fully saturated rings. The minimum atomic E-state index is -1.06. The first-order valence-corrected chi connectivity index (χ1v) is 8.37. The predicted molar refractivity (Wildman–Crippen MR) is 100 cm³/mol. The van der Waals surface area contributed by atoms with Gasteiger partial charge in [0.25, 0.3) is 5.91 Å². The summed E-state index contributed by atoms with van der Waals surface area (Å²) in [5, 5.41) is 22.2. The van der Waals surface area contributed by atoms with Crippen LogP contribution in [0.4, 0.5) is 11.4 Å². The lowest BCUT2D eigenvalue weighted by molar-refractivity contribution is -0.116. The van der Waals surface area contributed by atoms with Crippen LogP contribution in [-0.4, -0.2) is 42.5 Å². The molecule has 10 nitrogen and oxygen atoms in total. The van der Waals surface area contributed by atoms with Gasteiger partial charge in [-0.3, -0.25) is 19.0 Å². The average Bonchev–Trinajstić information content (AvgIpc) is 3.31. The summed E-state index contributed by atoms with van der Waals surface area (Å²) in [5.74, 6) is -1.62. The summed E-state index contributed by atoms with van der Waals surface area (Å²) in [6, 6.07) is 8.29. The van der Waals surface area contributed by atoms with E-state index < -0.39 is 5.97 Å². The second-order valence-electron chi connectivity index (χ2n) is 6.00. The summed E-state index contributed by atoms with van der Waals surface area (Å²) in [7, 11) is 1.73. The number of carboxylic acid groups (broad SMARTS) is 1. The molecular weight excluding hydrogens is 364 g/mol. The topological polar surface area (TPSA) is 131 Å². The van der Waals surface area contributed by atoms with Crippen molar-refractivity contribution in [3.8, 4) is 0 Å². The molecule has 0 radical (unpaired) electrons. The van der Waals surface area contributed by atoms with Gasteiger partial charge in [0, 0.05) is 43.8 Å². The van der Waals surface area contributed by atoms with Crippen LogP contribution >= 0.6 is 0 Å². The van der Waals surface area contributed by atoms with Gasteiger partial charge in [-0.2, -0.15) is 10.2 Å². The van der Waals surface area contributed by atoms with E-state index in [4.69, 9.17) is 5.11 Å². The second kappa shape index (κ2) is 8.16. The zero-order valence-corrected chi connectivity index (χ0v) is 15.0. The first kappa shape index (κ1) is 18.8. The molecule has 3 N–H and O–H groups in total. The standard InChI is InChI=1S/C18H18N6O4/c1-23-8-6-15(22-23)17(26)21-14-4-2-13(3-5-14)20-16(25)7-9-24-11-12(10-19-24)18(27)28/h2-6,8,10-11H,7,9H2,1H3,(H,20,25)(H,21,26)(H,27,28). The van der Waals surface area contributed by atoms with Crippen LogP contribution in [0.1, 0.15) is 27.3 Å². The molecule has 1 aromatic carbocycles. The number of amides is 2. The van der Waals surface area contributed by atoms with Crippen molar-refractivity contribution in [1.82, 2.24) is 19.6 Å². The molecule has 144 valence electrons. The molecule has 0 unspecified atom stereocenters. The fourth-order valence-corrected chi connectivity index (χ4v) is 2.40. The number of hydrogen-bond donors (Lipinski definition) is 3. The van der Waals surface area contributed by atoms with Crippen LogP contribution in [0.2, 0.25) is 0 Å². The van der Waals surface area contributed by atoms with Crippen LogP contribution < -0.4 is 10.6 Å². The Morgan fingerprint density at radius 2 is 1.75 bits per heavy atom. The highest BCUT2D eigenvalue weighted by molar-refractivity contribution is 6.03. The Kier molecular flexibility index (Phi) is 5.49. The number of rotatable bonds is 7. The highest BCUT2D eigenvalue weighted by atomic mass is 16.4. The molecule has 2 amide bonds. The lowest BCUT2D eigenvalue weighted by Gasteiger charge is -2.07.